The number of halogens is 1. The standard InChI is InChI=1S/C22H17ClN2O3S/c1-27-16-9-10-20-19(13-16)24-22(29-20)25(14-17-6-4-12-28-17)21(26)11-8-15-5-2-3-7-18(15)23/h2-13H,14H2,1H3/b11-8+. The second-order valence-electron chi connectivity index (χ2n) is 6.19. The minimum atomic E-state index is -0.215. The fourth-order valence-corrected chi connectivity index (χ4v) is 3.95. The summed E-state index contributed by atoms with van der Waals surface area (Å²) in [4.78, 5) is 19.3. The molecule has 0 saturated carbocycles. The van der Waals surface area contributed by atoms with Crippen molar-refractivity contribution in [2.24, 2.45) is 0 Å². The van der Waals surface area contributed by atoms with Crippen LogP contribution in [0.15, 0.2) is 71.4 Å². The number of fused-ring (bicyclic) bond motifs is 1. The highest BCUT2D eigenvalue weighted by Crippen LogP contribution is 2.32. The van der Waals surface area contributed by atoms with Gasteiger partial charge in [0.15, 0.2) is 5.13 Å². The molecule has 0 spiro atoms. The van der Waals surface area contributed by atoms with E-state index in [1.807, 2.05) is 42.5 Å². The Morgan fingerprint density at radius 3 is 2.86 bits per heavy atom. The molecule has 0 fully saturated rings. The van der Waals surface area contributed by atoms with Gasteiger partial charge in [-0.25, -0.2) is 4.98 Å². The summed E-state index contributed by atoms with van der Waals surface area (Å²) >= 11 is 7.62. The summed E-state index contributed by atoms with van der Waals surface area (Å²) in [5, 5.41) is 1.17. The van der Waals surface area contributed by atoms with E-state index >= 15 is 0 Å². The van der Waals surface area contributed by atoms with Gasteiger partial charge in [-0.15, -0.1) is 0 Å². The zero-order chi connectivity index (χ0) is 20.2. The van der Waals surface area contributed by atoms with Gasteiger partial charge < -0.3 is 9.15 Å². The Hall–Kier alpha value is -3.09. The molecular formula is C22H17ClN2O3S. The van der Waals surface area contributed by atoms with Gasteiger partial charge in [0.05, 0.1) is 30.1 Å². The summed E-state index contributed by atoms with van der Waals surface area (Å²) in [5.74, 6) is 1.17. The van der Waals surface area contributed by atoms with Crippen LogP contribution >= 0.6 is 22.9 Å². The fourth-order valence-electron chi connectivity index (χ4n) is 2.80. The normalized spacial score (nSPS) is 11.2. The Bertz CT molecular complexity index is 1170. The Labute approximate surface area is 176 Å². The number of nitrogens with zero attached hydrogens (tertiary/aromatic N) is 2. The molecule has 0 N–H and O–H groups in total. The van der Waals surface area contributed by atoms with E-state index in [2.05, 4.69) is 4.98 Å². The summed E-state index contributed by atoms with van der Waals surface area (Å²) < 4.78 is 11.7. The van der Waals surface area contributed by atoms with Crippen LogP contribution in [0.4, 0.5) is 5.13 Å². The summed E-state index contributed by atoms with van der Waals surface area (Å²) in [7, 11) is 1.61. The number of furan rings is 1. The van der Waals surface area contributed by atoms with Crippen LogP contribution in [0.1, 0.15) is 11.3 Å². The monoisotopic (exact) mass is 424 g/mol. The highest BCUT2D eigenvalue weighted by Gasteiger charge is 2.20. The third-order valence-electron chi connectivity index (χ3n) is 4.29. The molecule has 146 valence electrons. The zero-order valence-corrected chi connectivity index (χ0v) is 17.1. The molecule has 0 aliphatic heterocycles. The van der Waals surface area contributed by atoms with Gasteiger partial charge in [-0.2, -0.15) is 0 Å². The van der Waals surface area contributed by atoms with E-state index in [0.717, 1.165) is 21.5 Å². The number of rotatable bonds is 6. The number of hydrogen-bond donors (Lipinski definition) is 0. The average molecular weight is 425 g/mol. The van der Waals surface area contributed by atoms with Crippen LogP contribution in [0.25, 0.3) is 16.3 Å². The molecule has 0 bridgehead atoms. The predicted octanol–water partition coefficient (Wildman–Crippen LogP) is 5.80. The van der Waals surface area contributed by atoms with Gasteiger partial charge >= 0.3 is 0 Å². The Morgan fingerprint density at radius 2 is 2.10 bits per heavy atom. The predicted molar refractivity (Wildman–Crippen MR) is 117 cm³/mol. The fraction of sp³-hybridized carbons (Fsp3) is 0.0909. The maximum absolute atomic E-state index is 13.1. The van der Waals surface area contributed by atoms with Crippen molar-refractivity contribution < 1.29 is 13.9 Å². The Morgan fingerprint density at radius 1 is 1.24 bits per heavy atom. The molecule has 2 heterocycles. The van der Waals surface area contributed by atoms with Crippen molar-refractivity contribution in [3.8, 4) is 5.75 Å². The molecule has 0 aliphatic carbocycles. The summed E-state index contributed by atoms with van der Waals surface area (Å²) in [5.41, 5.74) is 1.55. The number of ether oxygens (including phenoxy) is 1. The van der Waals surface area contributed by atoms with Crippen LogP contribution < -0.4 is 9.64 Å². The van der Waals surface area contributed by atoms with Crippen LogP contribution in [0.2, 0.25) is 5.02 Å². The number of anilines is 1. The number of carbonyl (C=O) groups excluding carboxylic acids is 1. The third-order valence-corrected chi connectivity index (χ3v) is 5.69. The van der Waals surface area contributed by atoms with Crippen molar-refractivity contribution in [3.05, 3.63) is 83.3 Å². The number of methoxy groups -OCH3 is 1. The molecule has 1 amide bonds. The Kier molecular flexibility index (Phi) is 5.64. The van der Waals surface area contributed by atoms with Crippen molar-refractivity contribution in [1.82, 2.24) is 4.98 Å². The first kappa shape index (κ1) is 19.2. The van der Waals surface area contributed by atoms with E-state index in [-0.39, 0.29) is 12.5 Å². The first-order valence-corrected chi connectivity index (χ1v) is 10.0. The summed E-state index contributed by atoms with van der Waals surface area (Å²) in [6.07, 6.45) is 4.79. The van der Waals surface area contributed by atoms with Crippen molar-refractivity contribution in [1.29, 1.82) is 0 Å². The van der Waals surface area contributed by atoms with Crippen LogP contribution in [-0.4, -0.2) is 18.0 Å². The molecule has 0 saturated heterocycles. The lowest BCUT2D eigenvalue weighted by Gasteiger charge is -2.16. The van der Waals surface area contributed by atoms with Crippen molar-refractivity contribution in [2.75, 3.05) is 12.0 Å². The van der Waals surface area contributed by atoms with E-state index in [9.17, 15) is 4.79 Å². The number of hydrogen-bond acceptors (Lipinski definition) is 5. The highest BCUT2D eigenvalue weighted by atomic mass is 35.5. The summed E-state index contributed by atoms with van der Waals surface area (Å²) in [6.45, 7) is 0.273. The smallest absolute Gasteiger partial charge is 0.253 e. The zero-order valence-electron chi connectivity index (χ0n) is 15.5. The van der Waals surface area contributed by atoms with Gasteiger partial charge in [0, 0.05) is 17.2 Å². The first-order chi connectivity index (χ1) is 14.1. The minimum absolute atomic E-state index is 0.215. The third kappa shape index (κ3) is 4.34. The van der Waals surface area contributed by atoms with Gasteiger partial charge in [-0.3, -0.25) is 9.69 Å². The first-order valence-electron chi connectivity index (χ1n) is 8.85. The number of carbonyl (C=O) groups is 1. The summed E-state index contributed by atoms with van der Waals surface area (Å²) in [6, 6.07) is 16.6. The maximum Gasteiger partial charge on any atom is 0.253 e. The molecule has 2 aromatic carbocycles. The van der Waals surface area contributed by atoms with Crippen LogP contribution in [0.5, 0.6) is 5.75 Å². The van der Waals surface area contributed by atoms with E-state index < -0.39 is 0 Å². The Balaban J connectivity index is 1.67. The highest BCUT2D eigenvalue weighted by molar-refractivity contribution is 7.22. The molecule has 0 atom stereocenters. The number of benzene rings is 2. The number of amides is 1. The van der Waals surface area contributed by atoms with E-state index in [0.29, 0.717) is 15.9 Å². The van der Waals surface area contributed by atoms with Crippen LogP contribution in [-0.2, 0) is 11.3 Å². The molecule has 0 aliphatic rings. The average Bonchev–Trinajstić information content (AvgIpc) is 3.40. The van der Waals surface area contributed by atoms with E-state index in [4.69, 9.17) is 20.8 Å². The van der Waals surface area contributed by atoms with Gasteiger partial charge in [0.2, 0.25) is 0 Å². The number of aromatic nitrogens is 1. The number of thiazole rings is 1. The van der Waals surface area contributed by atoms with E-state index in [1.54, 1.807) is 36.5 Å². The topological polar surface area (TPSA) is 55.6 Å². The molecule has 2 aromatic heterocycles. The minimum Gasteiger partial charge on any atom is -0.497 e. The lowest BCUT2D eigenvalue weighted by Crippen LogP contribution is -2.28. The van der Waals surface area contributed by atoms with Gasteiger partial charge in [0.1, 0.15) is 11.5 Å². The largest absolute Gasteiger partial charge is 0.497 e. The quantitative estimate of drug-likeness (QED) is 0.367. The molecular weight excluding hydrogens is 408 g/mol. The van der Waals surface area contributed by atoms with Crippen LogP contribution in [0.3, 0.4) is 0 Å². The van der Waals surface area contributed by atoms with Crippen molar-refractivity contribution in [3.63, 3.8) is 0 Å². The second kappa shape index (κ2) is 8.51. The molecule has 7 heteroatoms. The van der Waals surface area contributed by atoms with Gasteiger partial charge in [-0.1, -0.05) is 41.1 Å². The van der Waals surface area contributed by atoms with E-state index in [1.165, 1.54) is 17.4 Å². The SMILES string of the molecule is COc1ccc2sc(N(Cc3ccco3)C(=O)/C=C/c3ccccc3Cl)nc2c1. The maximum atomic E-state index is 13.1. The molecule has 4 rings (SSSR count). The molecule has 29 heavy (non-hydrogen) atoms. The lowest BCUT2D eigenvalue weighted by atomic mass is 10.2. The molecule has 5 nitrogen and oxygen atoms in total. The van der Waals surface area contributed by atoms with Crippen molar-refractivity contribution in [2.45, 2.75) is 6.54 Å². The molecule has 4 aromatic rings. The van der Waals surface area contributed by atoms with Gasteiger partial charge in [0.25, 0.3) is 5.91 Å². The lowest BCUT2D eigenvalue weighted by molar-refractivity contribution is -0.114. The second-order valence-corrected chi connectivity index (χ2v) is 7.60. The molecule has 0 unspecified atom stereocenters. The van der Waals surface area contributed by atoms with Crippen LogP contribution in [0, 0.1) is 0 Å². The van der Waals surface area contributed by atoms with Crippen molar-refractivity contribution >= 4 is 50.3 Å². The van der Waals surface area contributed by atoms with Gasteiger partial charge in [-0.05, 0) is 42.0 Å². The molecule has 0 radical (unpaired) electrons.